The van der Waals surface area contributed by atoms with Crippen LogP contribution < -0.4 is 0 Å². The van der Waals surface area contributed by atoms with Crippen molar-refractivity contribution in [3.63, 3.8) is 0 Å². The zero-order valence-corrected chi connectivity index (χ0v) is 15.6. The van der Waals surface area contributed by atoms with Crippen molar-refractivity contribution in [2.24, 2.45) is 5.41 Å². The molecule has 24 heavy (non-hydrogen) atoms. The highest BCUT2D eigenvalue weighted by Gasteiger charge is 2.41. The first-order valence-electron chi connectivity index (χ1n) is 8.10. The molecule has 1 N–H and O–H groups in total. The highest BCUT2D eigenvalue weighted by Crippen LogP contribution is 2.39. The fraction of sp³-hybridized carbons (Fsp3) is 0.579. The van der Waals surface area contributed by atoms with E-state index in [4.69, 9.17) is 9.47 Å². The van der Waals surface area contributed by atoms with Gasteiger partial charge >= 0.3 is 0 Å². The van der Waals surface area contributed by atoms with Crippen LogP contribution in [0.25, 0.3) is 0 Å². The van der Waals surface area contributed by atoms with Gasteiger partial charge in [0.05, 0.1) is 20.3 Å². The second-order valence-electron chi connectivity index (χ2n) is 6.68. The van der Waals surface area contributed by atoms with Gasteiger partial charge in [-0.25, -0.2) is 0 Å². The van der Waals surface area contributed by atoms with Gasteiger partial charge in [0.2, 0.25) is 23.1 Å². The SMILES string of the molecule is CCC(O)/C(C)=C/CC(C)(C)C1=C(C)C(=O)C(OC)=C(OC)C1=O. The van der Waals surface area contributed by atoms with Gasteiger partial charge in [-0.05, 0) is 37.7 Å². The second-order valence-corrected chi connectivity index (χ2v) is 6.68. The molecule has 1 unspecified atom stereocenters. The number of carbonyl (C=O) groups excluding carboxylic acids is 2. The van der Waals surface area contributed by atoms with Crippen molar-refractivity contribution in [3.8, 4) is 0 Å². The fourth-order valence-electron chi connectivity index (χ4n) is 2.94. The number of methoxy groups -OCH3 is 2. The van der Waals surface area contributed by atoms with Gasteiger partial charge in [0, 0.05) is 11.1 Å². The van der Waals surface area contributed by atoms with E-state index in [2.05, 4.69) is 0 Å². The molecule has 1 atom stereocenters. The number of carbonyl (C=O) groups is 2. The minimum atomic E-state index is -0.575. The van der Waals surface area contributed by atoms with E-state index in [1.807, 2.05) is 33.8 Å². The maximum atomic E-state index is 12.8. The number of ether oxygens (including phenoxy) is 2. The summed E-state index contributed by atoms with van der Waals surface area (Å²) in [7, 11) is 2.70. The number of rotatable bonds is 7. The minimum absolute atomic E-state index is 0.0484. The van der Waals surface area contributed by atoms with Crippen molar-refractivity contribution in [2.45, 2.75) is 53.6 Å². The molecule has 1 rings (SSSR count). The average Bonchev–Trinajstić information content (AvgIpc) is 2.54. The smallest absolute Gasteiger partial charge is 0.228 e. The molecule has 0 radical (unpaired) electrons. The van der Waals surface area contributed by atoms with E-state index in [9.17, 15) is 14.7 Å². The topological polar surface area (TPSA) is 72.8 Å². The zero-order valence-electron chi connectivity index (χ0n) is 15.6. The number of hydrogen-bond donors (Lipinski definition) is 1. The summed E-state index contributed by atoms with van der Waals surface area (Å²) in [6.45, 7) is 9.22. The normalized spacial score (nSPS) is 18.2. The summed E-state index contributed by atoms with van der Waals surface area (Å²) in [5, 5.41) is 9.88. The van der Waals surface area contributed by atoms with Crippen LogP contribution in [0.2, 0.25) is 0 Å². The highest BCUT2D eigenvalue weighted by atomic mass is 16.5. The lowest BCUT2D eigenvalue weighted by atomic mass is 9.73. The maximum absolute atomic E-state index is 12.8. The third-order valence-electron chi connectivity index (χ3n) is 4.49. The van der Waals surface area contributed by atoms with Gasteiger partial charge < -0.3 is 14.6 Å². The number of allylic oxidation sites excluding steroid dienone is 3. The van der Waals surface area contributed by atoms with Gasteiger partial charge in [0.1, 0.15) is 0 Å². The van der Waals surface area contributed by atoms with Crippen LogP contribution in [0, 0.1) is 5.41 Å². The zero-order chi connectivity index (χ0) is 18.7. The van der Waals surface area contributed by atoms with Gasteiger partial charge in [-0.15, -0.1) is 0 Å². The molecule has 0 heterocycles. The third kappa shape index (κ3) is 3.78. The Kier molecular flexibility index (Phi) is 6.55. The van der Waals surface area contributed by atoms with Crippen LogP contribution >= 0.6 is 0 Å². The first-order valence-corrected chi connectivity index (χ1v) is 8.10. The van der Waals surface area contributed by atoms with Crippen molar-refractivity contribution in [1.29, 1.82) is 0 Å². The first kappa shape index (κ1) is 20.2. The van der Waals surface area contributed by atoms with E-state index >= 15 is 0 Å². The van der Waals surface area contributed by atoms with E-state index in [-0.39, 0.29) is 23.1 Å². The molecule has 5 heteroatoms. The lowest BCUT2D eigenvalue weighted by molar-refractivity contribution is -0.121. The van der Waals surface area contributed by atoms with E-state index in [0.29, 0.717) is 24.0 Å². The minimum Gasteiger partial charge on any atom is -0.489 e. The Morgan fingerprint density at radius 1 is 1.17 bits per heavy atom. The van der Waals surface area contributed by atoms with Crippen LogP contribution in [-0.4, -0.2) is 37.0 Å². The summed E-state index contributed by atoms with van der Waals surface area (Å²) in [5.41, 5.74) is 1.10. The molecular weight excluding hydrogens is 308 g/mol. The number of hydrogen-bond acceptors (Lipinski definition) is 5. The molecule has 0 fully saturated rings. The fourth-order valence-corrected chi connectivity index (χ4v) is 2.94. The van der Waals surface area contributed by atoms with Crippen molar-refractivity contribution < 1.29 is 24.2 Å². The molecule has 0 aromatic carbocycles. The second kappa shape index (κ2) is 7.79. The number of Topliss-reactive ketones (excluding diaryl/α,β-unsaturated/α-hetero) is 2. The Morgan fingerprint density at radius 2 is 1.67 bits per heavy atom. The summed E-state index contributed by atoms with van der Waals surface area (Å²) in [5.74, 6) is -0.747. The molecule has 0 bridgehead atoms. The Balaban J connectivity index is 3.26. The molecule has 5 nitrogen and oxygen atoms in total. The summed E-state index contributed by atoms with van der Waals surface area (Å²) in [6, 6.07) is 0. The van der Waals surface area contributed by atoms with Gasteiger partial charge in [0.15, 0.2) is 0 Å². The summed E-state index contributed by atoms with van der Waals surface area (Å²) < 4.78 is 10.2. The molecule has 0 spiro atoms. The van der Waals surface area contributed by atoms with Crippen LogP contribution in [0.5, 0.6) is 0 Å². The summed E-state index contributed by atoms with van der Waals surface area (Å²) in [6.07, 6.45) is 2.60. The largest absolute Gasteiger partial charge is 0.489 e. The molecule has 0 aromatic heterocycles. The summed E-state index contributed by atoms with van der Waals surface area (Å²) in [4.78, 5) is 25.3. The van der Waals surface area contributed by atoms with Gasteiger partial charge in [0.25, 0.3) is 0 Å². The Bertz CT molecular complexity index is 620. The summed E-state index contributed by atoms with van der Waals surface area (Å²) >= 11 is 0. The predicted octanol–water partition coefficient (Wildman–Crippen LogP) is 3.09. The van der Waals surface area contributed by atoms with Crippen LogP contribution in [-0.2, 0) is 19.1 Å². The van der Waals surface area contributed by atoms with Crippen molar-refractivity contribution in [3.05, 3.63) is 34.3 Å². The molecule has 0 amide bonds. The predicted molar refractivity (Wildman–Crippen MR) is 92.2 cm³/mol. The van der Waals surface area contributed by atoms with E-state index in [0.717, 1.165) is 5.57 Å². The van der Waals surface area contributed by atoms with Crippen molar-refractivity contribution >= 4 is 11.6 Å². The quantitative estimate of drug-likeness (QED) is 0.571. The Morgan fingerprint density at radius 3 is 2.12 bits per heavy atom. The lowest BCUT2D eigenvalue weighted by Gasteiger charge is -2.31. The molecule has 1 aliphatic rings. The Hall–Kier alpha value is -1.88. The number of ketones is 2. The molecule has 0 aliphatic heterocycles. The highest BCUT2D eigenvalue weighted by molar-refractivity contribution is 6.23. The van der Waals surface area contributed by atoms with Gasteiger partial charge in [-0.2, -0.15) is 0 Å². The van der Waals surface area contributed by atoms with Gasteiger partial charge in [-0.3, -0.25) is 9.59 Å². The van der Waals surface area contributed by atoms with E-state index in [1.54, 1.807) is 6.92 Å². The van der Waals surface area contributed by atoms with Crippen molar-refractivity contribution in [1.82, 2.24) is 0 Å². The molecule has 1 aliphatic carbocycles. The first-order chi connectivity index (χ1) is 11.1. The van der Waals surface area contributed by atoms with Crippen LogP contribution in [0.1, 0.15) is 47.5 Å². The number of aliphatic hydroxyl groups excluding tert-OH is 1. The molecule has 134 valence electrons. The molecule has 0 saturated carbocycles. The van der Waals surface area contributed by atoms with Crippen LogP contribution in [0.15, 0.2) is 34.3 Å². The van der Waals surface area contributed by atoms with E-state index in [1.165, 1.54) is 14.2 Å². The van der Waals surface area contributed by atoms with Gasteiger partial charge in [-0.1, -0.05) is 26.8 Å². The van der Waals surface area contributed by atoms with Crippen molar-refractivity contribution in [2.75, 3.05) is 14.2 Å². The standard InChI is InChI=1S/C19H28O5/c1-8-13(20)11(2)9-10-19(4,5)14-12(3)15(21)17(23-6)18(24-7)16(14)22/h9,13,20H,8,10H2,1-7H3/b11-9+. The monoisotopic (exact) mass is 336 g/mol. The Labute approximate surface area is 144 Å². The molecule has 0 aromatic rings. The molecule has 0 saturated heterocycles. The molecular formula is C19H28O5. The average molecular weight is 336 g/mol. The van der Waals surface area contributed by atoms with Crippen LogP contribution in [0.4, 0.5) is 0 Å². The maximum Gasteiger partial charge on any atom is 0.228 e. The number of aliphatic hydroxyl groups is 1. The third-order valence-corrected chi connectivity index (χ3v) is 4.49. The van der Waals surface area contributed by atoms with Crippen LogP contribution in [0.3, 0.4) is 0 Å². The van der Waals surface area contributed by atoms with E-state index < -0.39 is 11.5 Å². The lowest BCUT2D eigenvalue weighted by Crippen LogP contribution is -2.32.